The first-order valence-corrected chi connectivity index (χ1v) is 5.99. The Morgan fingerprint density at radius 1 is 1.47 bits per heavy atom. The number of halogens is 1. The van der Waals surface area contributed by atoms with Gasteiger partial charge in [-0.15, -0.1) is 0 Å². The van der Waals surface area contributed by atoms with Gasteiger partial charge >= 0.3 is 0 Å². The zero-order valence-electron chi connectivity index (χ0n) is 10.4. The number of anilines is 1. The monoisotopic (exact) mass is 281 g/mol. The molecule has 1 heterocycles. The normalized spacial score (nSPS) is 10.9. The number of nitrogens with zero attached hydrogens (tertiary/aromatic N) is 2. The second-order valence-corrected chi connectivity index (χ2v) is 4.82. The lowest BCUT2D eigenvalue weighted by atomic mass is 9.98. The molecule has 0 aliphatic rings. The van der Waals surface area contributed by atoms with Crippen molar-refractivity contribution >= 4 is 23.1 Å². The number of rotatable bonds is 3. The van der Waals surface area contributed by atoms with Gasteiger partial charge in [0.2, 0.25) is 0 Å². The number of hydrogen-bond donors (Lipinski definition) is 1. The van der Waals surface area contributed by atoms with E-state index in [2.05, 4.69) is 5.16 Å². The lowest BCUT2D eigenvalue weighted by Gasteiger charge is -2.06. The van der Waals surface area contributed by atoms with Crippen LogP contribution in [0.5, 0.6) is 0 Å². The largest absolute Gasteiger partial charge is 0.381 e. The average Bonchev–Trinajstić information content (AvgIpc) is 2.70. The van der Waals surface area contributed by atoms with Gasteiger partial charge in [0.05, 0.1) is 10.5 Å². The molecule has 0 atom stereocenters. The fraction of sp³-hybridized carbons (Fsp3) is 0.250. The first kappa shape index (κ1) is 13.4. The number of nitrogen functional groups attached to an aromatic ring is 1. The summed E-state index contributed by atoms with van der Waals surface area (Å²) in [4.78, 5) is 10.6. The molecule has 1 aromatic carbocycles. The number of nitro benzene ring substituents is 1. The molecule has 0 amide bonds. The van der Waals surface area contributed by atoms with Gasteiger partial charge in [0, 0.05) is 16.7 Å². The maximum atomic E-state index is 11.1. The van der Waals surface area contributed by atoms with Crippen molar-refractivity contribution in [3.05, 3.63) is 38.9 Å². The van der Waals surface area contributed by atoms with Crippen LogP contribution in [0.15, 0.2) is 22.7 Å². The second kappa shape index (κ2) is 4.89. The predicted molar refractivity (Wildman–Crippen MR) is 72.1 cm³/mol. The summed E-state index contributed by atoms with van der Waals surface area (Å²) in [5.74, 6) is 0.599. The summed E-state index contributed by atoms with van der Waals surface area (Å²) in [7, 11) is 0. The van der Waals surface area contributed by atoms with Gasteiger partial charge in [0.15, 0.2) is 11.6 Å². The predicted octanol–water partition coefficient (Wildman–Crippen LogP) is 3.61. The summed E-state index contributed by atoms with van der Waals surface area (Å²) >= 11 is 5.78. The molecule has 19 heavy (non-hydrogen) atoms. The molecule has 0 bridgehead atoms. The van der Waals surface area contributed by atoms with Crippen LogP contribution in [-0.2, 0) is 0 Å². The van der Waals surface area contributed by atoms with E-state index in [1.54, 1.807) is 6.07 Å². The van der Waals surface area contributed by atoms with E-state index in [9.17, 15) is 10.1 Å². The molecule has 0 spiro atoms. The van der Waals surface area contributed by atoms with Gasteiger partial charge in [-0.25, -0.2) is 0 Å². The minimum atomic E-state index is -0.510. The number of aromatic nitrogens is 1. The zero-order chi connectivity index (χ0) is 14.2. The first-order chi connectivity index (χ1) is 8.91. The summed E-state index contributed by atoms with van der Waals surface area (Å²) < 4.78 is 5.15. The van der Waals surface area contributed by atoms with Gasteiger partial charge in [-0.05, 0) is 18.1 Å². The summed E-state index contributed by atoms with van der Waals surface area (Å²) in [6.45, 7) is 3.82. The molecule has 0 aliphatic carbocycles. The summed E-state index contributed by atoms with van der Waals surface area (Å²) in [5, 5.41) is 15.1. The van der Waals surface area contributed by atoms with Crippen LogP contribution in [0.25, 0.3) is 11.3 Å². The molecule has 6 nitrogen and oxygen atoms in total. The molecule has 0 saturated carbocycles. The van der Waals surface area contributed by atoms with Crippen LogP contribution in [0.2, 0.25) is 5.02 Å². The van der Waals surface area contributed by atoms with Gasteiger partial charge in [-0.3, -0.25) is 10.1 Å². The average molecular weight is 282 g/mol. The highest BCUT2D eigenvalue weighted by molar-refractivity contribution is 6.30. The van der Waals surface area contributed by atoms with Crippen LogP contribution in [0.4, 0.5) is 11.5 Å². The molecular formula is C12H12ClN3O3. The second-order valence-electron chi connectivity index (χ2n) is 4.38. The fourth-order valence-electron chi connectivity index (χ4n) is 1.91. The number of nitrogens with two attached hydrogens (primary N) is 1. The van der Waals surface area contributed by atoms with Gasteiger partial charge in [0.25, 0.3) is 5.69 Å². The van der Waals surface area contributed by atoms with Crippen LogP contribution < -0.4 is 5.73 Å². The first-order valence-electron chi connectivity index (χ1n) is 5.61. The van der Waals surface area contributed by atoms with E-state index in [0.29, 0.717) is 16.9 Å². The highest BCUT2D eigenvalue weighted by Crippen LogP contribution is 2.38. The molecule has 100 valence electrons. The van der Waals surface area contributed by atoms with Crippen LogP contribution in [-0.4, -0.2) is 10.1 Å². The topological polar surface area (TPSA) is 95.2 Å². The van der Waals surface area contributed by atoms with Crippen molar-refractivity contribution < 1.29 is 9.45 Å². The quantitative estimate of drug-likeness (QED) is 0.685. The SMILES string of the molecule is CC(C)c1c(N)noc1-c1ccc(Cl)cc1[N+](=O)[O-]. The minimum absolute atomic E-state index is 0.0385. The third-order valence-electron chi connectivity index (χ3n) is 2.73. The summed E-state index contributed by atoms with van der Waals surface area (Å²) in [6, 6.07) is 4.37. The smallest absolute Gasteiger partial charge is 0.281 e. The van der Waals surface area contributed by atoms with E-state index in [-0.39, 0.29) is 22.4 Å². The van der Waals surface area contributed by atoms with Crippen molar-refractivity contribution in [1.82, 2.24) is 5.16 Å². The Balaban J connectivity index is 2.69. The van der Waals surface area contributed by atoms with E-state index >= 15 is 0 Å². The van der Waals surface area contributed by atoms with Gasteiger partial charge < -0.3 is 10.3 Å². The molecule has 0 radical (unpaired) electrons. The molecule has 0 aliphatic heterocycles. The summed E-state index contributed by atoms with van der Waals surface area (Å²) in [6.07, 6.45) is 0. The van der Waals surface area contributed by atoms with E-state index in [0.717, 1.165) is 0 Å². The van der Waals surface area contributed by atoms with E-state index < -0.39 is 4.92 Å². The molecule has 0 saturated heterocycles. The molecular weight excluding hydrogens is 270 g/mol. The molecule has 0 fully saturated rings. The van der Waals surface area contributed by atoms with Crippen LogP contribution >= 0.6 is 11.6 Å². The lowest BCUT2D eigenvalue weighted by Crippen LogP contribution is -1.97. The third kappa shape index (κ3) is 2.39. The van der Waals surface area contributed by atoms with Gasteiger partial charge in [0.1, 0.15) is 0 Å². The highest BCUT2D eigenvalue weighted by Gasteiger charge is 2.25. The highest BCUT2D eigenvalue weighted by atomic mass is 35.5. The Kier molecular flexibility index (Phi) is 3.44. The zero-order valence-corrected chi connectivity index (χ0v) is 11.1. The molecule has 7 heteroatoms. The Morgan fingerprint density at radius 3 is 2.74 bits per heavy atom. The number of benzene rings is 1. The Morgan fingerprint density at radius 2 is 2.16 bits per heavy atom. The maximum Gasteiger partial charge on any atom is 0.281 e. The van der Waals surface area contributed by atoms with Crippen molar-refractivity contribution in [2.45, 2.75) is 19.8 Å². The van der Waals surface area contributed by atoms with Gasteiger partial charge in [-0.1, -0.05) is 30.6 Å². The van der Waals surface area contributed by atoms with Crippen molar-refractivity contribution in [2.75, 3.05) is 5.73 Å². The van der Waals surface area contributed by atoms with Crippen molar-refractivity contribution in [3.8, 4) is 11.3 Å². The van der Waals surface area contributed by atoms with Crippen LogP contribution in [0, 0.1) is 10.1 Å². The van der Waals surface area contributed by atoms with Gasteiger partial charge in [-0.2, -0.15) is 0 Å². The molecule has 2 N–H and O–H groups in total. The van der Waals surface area contributed by atoms with Crippen molar-refractivity contribution in [1.29, 1.82) is 0 Å². The minimum Gasteiger partial charge on any atom is -0.381 e. The number of nitro groups is 1. The standard InChI is InChI=1S/C12H12ClN3O3/c1-6(2)10-11(19-15-12(10)14)8-4-3-7(13)5-9(8)16(17)18/h3-6H,1-2H3,(H2,14,15). The van der Waals surface area contributed by atoms with Crippen LogP contribution in [0.1, 0.15) is 25.3 Å². The molecule has 2 aromatic rings. The van der Waals surface area contributed by atoms with Crippen molar-refractivity contribution in [2.24, 2.45) is 0 Å². The lowest BCUT2D eigenvalue weighted by molar-refractivity contribution is -0.384. The maximum absolute atomic E-state index is 11.1. The molecule has 1 aromatic heterocycles. The van der Waals surface area contributed by atoms with E-state index in [4.69, 9.17) is 21.9 Å². The number of hydrogen-bond acceptors (Lipinski definition) is 5. The molecule has 2 rings (SSSR count). The fourth-order valence-corrected chi connectivity index (χ4v) is 2.08. The van der Waals surface area contributed by atoms with E-state index in [1.165, 1.54) is 12.1 Å². The third-order valence-corrected chi connectivity index (χ3v) is 2.97. The Hall–Kier alpha value is -2.08. The Bertz CT molecular complexity index is 637. The van der Waals surface area contributed by atoms with Crippen LogP contribution in [0.3, 0.4) is 0 Å². The van der Waals surface area contributed by atoms with Crippen molar-refractivity contribution in [3.63, 3.8) is 0 Å². The van der Waals surface area contributed by atoms with E-state index in [1.807, 2.05) is 13.8 Å². The molecule has 0 unspecified atom stereocenters. The Labute approximate surface area is 114 Å². The summed E-state index contributed by atoms with van der Waals surface area (Å²) in [5.41, 5.74) is 6.58.